The molecule has 27 heavy (non-hydrogen) atoms. The van der Waals surface area contributed by atoms with Crippen molar-refractivity contribution >= 4 is 39.3 Å². The van der Waals surface area contributed by atoms with Crippen molar-refractivity contribution < 1.29 is 17.6 Å². The minimum atomic E-state index is -3.76. The lowest BCUT2D eigenvalue weighted by atomic mass is 10.2. The normalized spacial score (nSPS) is 11.6. The maximum atomic E-state index is 13.5. The monoisotopic (exact) mass is 430 g/mol. The van der Waals surface area contributed by atoms with E-state index in [0.717, 1.165) is 4.31 Å². The molecule has 0 fully saturated rings. The average Bonchev–Trinajstić information content (AvgIpc) is 2.63. The highest BCUT2D eigenvalue weighted by Gasteiger charge is 2.22. The molecular formula is C18H20ClFN2O3S2. The van der Waals surface area contributed by atoms with Crippen LogP contribution >= 0.6 is 23.4 Å². The third-order valence-corrected chi connectivity index (χ3v) is 6.75. The number of hydrogen-bond donors (Lipinski definition) is 1. The molecule has 1 N–H and O–H groups in total. The van der Waals surface area contributed by atoms with Crippen molar-refractivity contribution in [1.82, 2.24) is 9.62 Å². The number of amides is 1. The first kappa shape index (κ1) is 21.7. The average molecular weight is 431 g/mol. The lowest BCUT2D eigenvalue weighted by Crippen LogP contribution is -2.39. The lowest BCUT2D eigenvalue weighted by molar-refractivity contribution is -0.121. The van der Waals surface area contributed by atoms with Gasteiger partial charge >= 0.3 is 0 Å². The molecule has 0 saturated heterocycles. The predicted octanol–water partition coefficient (Wildman–Crippen LogP) is 3.15. The van der Waals surface area contributed by atoms with E-state index in [9.17, 15) is 17.6 Å². The fourth-order valence-corrected chi connectivity index (χ4v) is 4.29. The lowest BCUT2D eigenvalue weighted by Gasteiger charge is -2.17. The van der Waals surface area contributed by atoms with Crippen LogP contribution in [0.2, 0.25) is 5.02 Å². The van der Waals surface area contributed by atoms with Gasteiger partial charge in [-0.15, -0.1) is 0 Å². The number of halogens is 2. The fourth-order valence-electron chi connectivity index (χ4n) is 2.19. The summed E-state index contributed by atoms with van der Waals surface area (Å²) in [7, 11) is -2.42. The number of hydrogen-bond acceptors (Lipinski definition) is 4. The summed E-state index contributed by atoms with van der Waals surface area (Å²) in [6.07, 6.45) is 0. The van der Waals surface area contributed by atoms with Crippen molar-refractivity contribution in [2.24, 2.45) is 0 Å². The van der Waals surface area contributed by atoms with E-state index in [0.29, 0.717) is 28.6 Å². The van der Waals surface area contributed by atoms with E-state index < -0.39 is 15.9 Å². The van der Waals surface area contributed by atoms with E-state index in [2.05, 4.69) is 5.32 Å². The zero-order valence-corrected chi connectivity index (χ0v) is 17.1. The van der Waals surface area contributed by atoms with Crippen LogP contribution in [0.1, 0.15) is 5.56 Å². The third-order valence-electron chi connectivity index (χ3n) is 3.67. The Balaban J connectivity index is 1.75. The van der Waals surface area contributed by atoms with Gasteiger partial charge in [-0.3, -0.25) is 4.79 Å². The van der Waals surface area contributed by atoms with Gasteiger partial charge in [-0.2, -0.15) is 16.1 Å². The summed E-state index contributed by atoms with van der Waals surface area (Å²) in [5.41, 5.74) is 0.614. The van der Waals surface area contributed by atoms with Crippen molar-refractivity contribution in [2.45, 2.75) is 10.6 Å². The van der Waals surface area contributed by atoms with Crippen LogP contribution in [0.25, 0.3) is 0 Å². The molecule has 0 aliphatic carbocycles. The molecule has 0 unspecified atom stereocenters. The number of rotatable bonds is 9. The Morgan fingerprint density at radius 1 is 1.19 bits per heavy atom. The number of nitrogens with one attached hydrogen (secondary N) is 1. The molecule has 0 bridgehead atoms. The zero-order chi connectivity index (χ0) is 19.9. The molecule has 146 valence electrons. The molecule has 2 aromatic carbocycles. The van der Waals surface area contributed by atoms with Gasteiger partial charge in [0.2, 0.25) is 15.9 Å². The maximum absolute atomic E-state index is 13.5. The van der Waals surface area contributed by atoms with Crippen molar-refractivity contribution in [3.05, 3.63) is 64.9 Å². The molecule has 1 amide bonds. The molecule has 9 heteroatoms. The Morgan fingerprint density at radius 2 is 1.85 bits per heavy atom. The second-order valence-electron chi connectivity index (χ2n) is 5.71. The Labute approximate surface area is 168 Å². The van der Waals surface area contributed by atoms with Crippen LogP contribution in [-0.2, 0) is 20.6 Å². The molecular weight excluding hydrogens is 411 g/mol. The Kier molecular flexibility index (Phi) is 8.09. The summed E-state index contributed by atoms with van der Waals surface area (Å²) in [6.45, 7) is 0.0791. The molecule has 0 aromatic heterocycles. The molecule has 0 spiro atoms. The first-order valence-corrected chi connectivity index (χ1v) is 11.1. The van der Waals surface area contributed by atoms with Gasteiger partial charge in [-0.25, -0.2) is 12.8 Å². The molecule has 0 aliphatic rings. The second-order valence-corrected chi connectivity index (χ2v) is 9.30. The smallest absolute Gasteiger partial charge is 0.243 e. The summed E-state index contributed by atoms with van der Waals surface area (Å²) in [6, 6.07) is 12.3. The largest absolute Gasteiger partial charge is 0.354 e. The number of nitrogens with zero attached hydrogens (tertiary/aromatic N) is 1. The molecule has 0 heterocycles. The topological polar surface area (TPSA) is 66.5 Å². The van der Waals surface area contributed by atoms with Crippen molar-refractivity contribution in [3.63, 3.8) is 0 Å². The third kappa shape index (κ3) is 6.49. The highest BCUT2D eigenvalue weighted by atomic mass is 35.5. The standard InChI is InChI=1S/C18H20ClFN2O3S2/c1-22(27(24,25)16-8-6-15(19)7-9-16)12-18(23)21-10-11-26-13-14-4-2-3-5-17(14)20/h2-9H,10-13H2,1H3,(H,21,23). The Hall–Kier alpha value is -1.61. The van der Waals surface area contributed by atoms with Gasteiger partial charge in [0, 0.05) is 30.1 Å². The SMILES string of the molecule is CN(CC(=O)NCCSCc1ccccc1F)S(=O)(=O)c1ccc(Cl)cc1. The quantitative estimate of drug-likeness (QED) is 0.620. The summed E-state index contributed by atoms with van der Waals surface area (Å²) in [5.74, 6) is 0.450. The predicted molar refractivity (Wildman–Crippen MR) is 107 cm³/mol. The number of carbonyl (C=O) groups is 1. The van der Waals surface area contributed by atoms with E-state index in [-0.39, 0.29) is 17.3 Å². The number of likely N-dealkylation sites (N-methyl/N-ethyl adjacent to an activating group) is 1. The van der Waals surface area contributed by atoms with Crippen LogP contribution in [0, 0.1) is 5.82 Å². The number of benzene rings is 2. The number of carbonyl (C=O) groups excluding carboxylic acids is 1. The van der Waals surface area contributed by atoms with Gasteiger partial charge in [-0.1, -0.05) is 29.8 Å². The van der Waals surface area contributed by atoms with Gasteiger partial charge in [0.1, 0.15) is 5.82 Å². The summed E-state index contributed by atoms with van der Waals surface area (Å²) < 4.78 is 39.3. The van der Waals surface area contributed by atoms with Crippen LogP contribution in [-0.4, -0.2) is 44.5 Å². The number of thioether (sulfide) groups is 1. The maximum Gasteiger partial charge on any atom is 0.243 e. The molecule has 5 nitrogen and oxygen atoms in total. The van der Waals surface area contributed by atoms with Crippen LogP contribution < -0.4 is 5.32 Å². The molecule has 0 aliphatic heterocycles. The highest BCUT2D eigenvalue weighted by molar-refractivity contribution is 7.98. The van der Waals surface area contributed by atoms with Crippen LogP contribution in [0.4, 0.5) is 4.39 Å². The van der Waals surface area contributed by atoms with E-state index in [1.807, 2.05) is 0 Å². The van der Waals surface area contributed by atoms with Crippen LogP contribution in [0.3, 0.4) is 0 Å². The Morgan fingerprint density at radius 3 is 2.52 bits per heavy atom. The first-order valence-electron chi connectivity index (χ1n) is 8.10. The van der Waals surface area contributed by atoms with Crippen LogP contribution in [0.15, 0.2) is 53.4 Å². The minimum Gasteiger partial charge on any atom is -0.354 e. The van der Waals surface area contributed by atoms with Gasteiger partial charge < -0.3 is 5.32 Å². The van der Waals surface area contributed by atoms with Crippen molar-refractivity contribution in [1.29, 1.82) is 0 Å². The molecule has 2 rings (SSSR count). The number of sulfonamides is 1. The van der Waals surface area contributed by atoms with E-state index in [1.165, 1.54) is 49.1 Å². The second kappa shape index (κ2) is 10.1. The molecule has 2 aromatic rings. The van der Waals surface area contributed by atoms with Gasteiger partial charge in [0.15, 0.2) is 0 Å². The van der Waals surface area contributed by atoms with Gasteiger partial charge in [-0.05, 0) is 35.9 Å². The highest BCUT2D eigenvalue weighted by Crippen LogP contribution is 2.17. The minimum absolute atomic E-state index is 0.0719. The molecule has 0 radical (unpaired) electrons. The summed E-state index contributed by atoms with van der Waals surface area (Å²) in [4.78, 5) is 12.0. The first-order chi connectivity index (χ1) is 12.8. The summed E-state index contributed by atoms with van der Waals surface area (Å²) >= 11 is 7.25. The molecule has 0 saturated carbocycles. The van der Waals surface area contributed by atoms with Gasteiger partial charge in [0.25, 0.3) is 0 Å². The van der Waals surface area contributed by atoms with Gasteiger partial charge in [0.05, 0.1) is 11.4 Å². The van der Waals surface area contributed by atoms with E-state index in [4.69, 9.17) is 11.6 Å². The summed E-state index contributed by atoms with van der Waals surface area (Å²) in [5, 5.41) is 3.10. The van der Waals surface area contributed by atoms with Crippen molar-refractivity contribution in [2.75, 3.05) is 25.9 Å². The zero-order valence-electron chi connectivity index (χ0n) is 14.7. The Bertz CT molecular complexity index is 876. The van der Waals surface area contributed by atoms with E-state index >= 15 is 0 Å². The molecule has 0 atom stereocenters. The van der Waals surface area contributed by atoms with E-state index in [1.54, 1.807) is 18.2 Å². The fraction of sp³-hybridized carbons (Fsp3) is 0.278. The van der Waals surface area contributed by atoms with Crippen LogP contribution in [0.5, 0.6) is 0 Å². The van der Waals surface area contributed by atoms with Crippen molar-refractivity contribution in [3.8, 4) is 0 Å².